The third-order valence-electron chi connectivity index (χ3n) is 8.05. The van der Waals surface area contributed by atoms with Crippen molar-refractivity contribution in [3.05, 3.63) is 144 Å². The Balaban J connectivity index is 1.41. The first kappa shape index (κ1) is 31.9. The summed E-state index contributed by atoms with van der Waals surface area (Å²) in [5.74, 6) is 1.05. The van der Waals surface area contributed by atoms with Crippen LogP contribution in [0.15, 0.2) is 133 Å². The van der Waals surface area contributed by atoms with Gasteiger partial charge in [-0.15, -0.1) is 11.3 Å². The van der Waals surface area contributed by atoms with Crippen LogP contribution in [0.3, 0.4) is 0 Å². The van der Waals surface area contributed by atoms with Crippen LogP contribution >= 0.6 is 11.3 Å². The minimum absolute atomic E-state index is 0.0340. The molecule has 0 saturated carbocycles. The van der Waals surface area contributed by atoms with Crippen LogP contribution in [0.4, 0.5) is 0 Å². The Bertz CT molecular complexity index is 1770. The number of ether oxygens (including phenoxy) is 2. The summed E-state index contributed by atoms with van der Waals surface area (Å²) in [5.41, 5.74) is 2.43. The van der Waals surface area contributed by atoms with E-state index in [0.717, 1.165) is 21.6 Å². The summed E-state index contributed by atoms with van der Waals surface area (Å²) in [6.07, 6.45) is -2.99. The summed E-state index contributed by atoms with van der Waals surface area (Å²) in [4.78, 5) is 1.06. The topological polar surface area (TPSA) is 99.5 Å². The Labute approximate surface area is 273 Å². The highest BCUT2D eigenvalue weighted by Crippen LogP contribution is 2.33. The summed E-state index contributed by atoms with van der Waals surface area (Å²) in [7, 11) is -4.35. The van der Waals surface area contributed by atoms with Gasteiger partial charge in [-0.1, -0.05) is 91.0 Å². The molecule has 0 aliphatic carbocycles. The Morgan fingerprint density at radius 3 is 1.63 bits per heavy atom. The zero-order chi connectivity index (χ0) is 31.9. The number of aliphatic hydroxyl groups excluding tert-OH is 2. The molecule has 0 spiro atoms. The van der Waals surface area contributed by atoms with Crippen molar-refractivity contribution in [2.45, 2.75) is 37.4 Å². The summed E-state index contributed by atoms with van der Waals surface area (Å²) < 4.78 is 44.4. The number of thiophene rings is 1. The maximum Gasteiger partial charge on any atom is 0.283 e. The van der Waals surface area contributed by atoms with E-state index < -0.39 is 34.5 Å². The molecule has 10 heteroatoms. The first-order chi connectivity index (χ1) is 22.4. The van der Waals surface area contributed by atoms with E-state index in [2.05, 4.69) is 0 Å². The van der Waals surface area contributed by atoms with E-state index in [4.69, 9.17) is 9.47 Å². The van der Waals surface area contributed by atoms with E-state index in [9.17, 15) is 18.6 Å². The molecule has 6 rings (SSSR count). The van der Waals surface area contributed by atoms with Crippen molar-refractivity contribution in [2.24, 2.45) is 0 Å². The van der Waals surface area contributed by atoms with Crippen LogP contribution in [0.2, 0.25) is 0 Å². The molecular weight excluding hydrogens is 621 g/mol. The maximum absolute atomic E-state index is 14.9. The van der Waals surface area contributed by atoms with Gasteiger partial charge in [-0.05, 0) is 58.5 Å². The van der Waals surface area contributed by atoms with E-state index in [0.29, 0.717) is 11.5 Å². The van der Waals surface area contributed by atoms with Crippen molar-refractivity contribution >= 4 is 21.5 Å². The molecule has 5 aromatic rings. The number of hydrogen-bond donors (Lipinski definition) is 2. The highest BCUT2D eigenvalue weighted by molar-refractivity contribution is 7.86. The smallest absolute Gasteiger partial charge is 0.283 e. The SMILES string of the molecule is O=S1(=O)N(Cc2ccccc2)[C@@H](COc2ccccc2)[C@@H](O)[C@H](O)[C@H](COc2ccccc2)N1Cc1cccc(-c2cccs2)c1. The van der Waals surface area contributed by atoms with E-state index in [1.165, 1.54) is 8.61 Å². The number of benzene rings is 4. The van der Waals surface area contributed by atoms with Crippen LogP contribution in [0.5, 0.6) is 11.5 Å². The lowest BCUT2D eigenvalue weighted by Gasteiger charge is -2.34. The fourth-order valence-electron chi connectivity index (χ4n) is 5.64. The average Bonchev–Trinajstić information content (AvgIpc) is 3.63. The minimum Gasteiger partial charge on any atom is -0.492 e. The van der Waals surface area contributed by atoms with E-state index in [1.807, 2.05) is 109 Å². The standard InChI is InChI=1S/C36H36N2O6S2/c39-35-32(25-43-30-16-6-2-7-17-30)37(23-27-12-4-1-5-13-27)46(41,42)38(33(36(35)40)26-44-31-18-8-3-9-19-31)24-28-14-10-15-29(22-28)34-20-11-21-45-34/h1-22,32-33,35-36,39-40H,23-26H2/t32-,33-,35+,36+/m0/s1. The molecule has 2 heterocycles. The van der Waals surface area contributed by atoms with Gasteiger partial charge in [-0.3, -0.25) is 0 Å². The summed E-state index contributed by atoms with van der Waals surface area (Å²) in [5, 5.41) is 25.6. The molecule has 0 unspecified atom stereocenters. The molecule has 1 saturated heterocycles. The van der Waals surface area contributed by atoms with E-state index in [1.54, 1.807) is 35.6 Å². The summed E-state index contributed by atoms with van der Waals surface area (Å²) >= 11 is 1.60. The quantitative estimate of drug-likeness (QED) is 0.192. The van der Waals surface area contributed by atoms with Crippen molar-refractivity contribution in [1.29, 1.82) is 0 Å². The molecule has 2 N–H and O–H groups in total. The Morgan fingerprint density at radius 2 is 1.11 bits per heavy atom. The van der Waals surface area contributed by atoms with Gasteiger partial charge >= 0.3 is 0 Å². The normalized spacial score (nSPS) is 21.8. The monoisotopic (exact) mass is 656 g/mol. The molecule has 4 atom stereocenters. The molecule has 0 bridgehead atoms. The highest BCUT2D eigenvalue weighted by Gasteiger charge is 2.51. The second-order valence-corrected chi connectivity index (χ2v) is 13.9. The van der Waals surface area contributed by atoms with Gasteiger partial charge in [0.2, 0.25) is 0 Å². The van der Waals surface area contributed by atoms with Gasteiger partial charge in [0.25, 0.3) is 10.2 Å². The van der Waals surface area contributed by atoms with Crippen molar-refractivity contribution in [2.75, 3.05) is 13.2 Å². The van der Waals surface area contributed by atoms with Crippen LogP contribution in [0.1, 0.15) is 11.1 Å². The van der Waals surface area contributed by atoms with Crippen LogP contribution in [0, 0.1) is 0 Å². The second-order valence-electron chi connectivity index (χ2n) is 11.1. The van der Waals surface area contributed by atoms with Crippen molar-refractivity contribution < 1.29 is 28.1 Å². The number of hydrogen-bond acceptors (Lipinski definition) is 7. The Hall–Kier alpha value is -4.03. The molecule has 1 fully saturated rings. The van der Waals surface area contributed by atoms with Crippen molar-refractivity contribution in [1.82, 2.24) is 8.61 Å². The van der Waals surface area contributed by atoms with Gasteiger partial charge in [-0.25, -0.2) is 0 Å². The lowest BCUT2D eigenvalue weighted by atomic mass is 9.99. The van der Waals surface area contributed by atoms with Crippen molar-refractivity contribution in [3.63, 3.8) is 0 Å². The fraction of sp³-hybridized carbons (Fsp3) is 0.222. The lowest BCUT2D eigenvalue weighted by molar-refractivity contribution is -0.0565. The first-order valence-electron chi connectivity index (χ1n) is 15.1. The fourth-order valence-corrected chi connectivity index (χ4v) is 8.31. The number of rotatable bonds is 11. The van der Waals surface area contributed by atoms with Gasteiger partial charge in [-0.2, -0.15) is 17.0 Å². The predicted octanol–water partition coefficient (Wildman–Crippen LogP) is 5.59. The van der Waals surface area contributed by atoms with Gasteiger partial charge < -0.3 is 19.7 Å². The van der Waals surface area contributed by atoms with E-state index >= 15 is 0 Å². The first-order valence-corrected chi connectivity index (χ1v) is 17.3. The number of para-hydroxylation sites is 2. The molecule has 1 aromatic heterocycles. The largest absolute Gasteiger partial charge is 0.492 e. The highest BCUT2D eigenvalue weighted by atomic mass is 32.2. The van der Waals surface area contributed by atoms with Crippen LogP contribution in [0.25, 0.3) is 10.4 Å². The van der Waals surface area contributed by atoms with E-state index in [-0.39, 0.29) is 26.3 Å². The van der Waals surface area contributed by atoms with Crippen molar-refractivity contribution in [3.8, 4) is 21.9 Å². The Morgan fingerprint density at radius 1 is 0.609 bits per heavy atom. The number of aliphatic hydroxyl groups is 2. The van der Waals surface area contributed by atoms with Gasteiger partial charge in [0, 0.05) is 18.0 Å². The molecule has 1 aliphatic heterocycles. The molecule has 238 valence electrons. The zero-order valence-electron chi connectivity index (χ0n) is 25.1. The molecular formula is C36H36N2O6S2. The van der Waals surface area contributed by atoms with Crippen LogP contribution < -0.4 is 9.47 Å². The second kappa shape index (κ2) is 14.6. The molecule has 4 aromatic carbocycles. The van der Waals surface area contributed by atoms with Crippen LogP contribution in [-0.2, 0) is 23.3 Å². The minimum atomic E-state index is -4.35. The summed E-state index contributed by atoms with van der Waals surface area (Å²) in [6.45, 7) is -0.445. The van der Waals surface area contributed by atoms with Crippen LogP contribution in [-0.4, -0.2) is 64.7 Å². The van der Waals surface area contributed by atoms with Gasteiger partial charge in [0.1, 0.15) is 36.9 Å². The van der Waals surface area contributed by atoms with Gasteiger partial charge in [0.05, 0.1) is 12.1 Å². The van der Waals surface area contributed by atoms with Gasteiger partial charge in [0.15, 0.2) is 0 Å². The average molecular weight is 657 g/mol. The molecule has 0 amide bonds. The third kappa shape index (κ3) is 7.33. The molecule has 8 nitrogen and oxygen atoms in total. The lowest BCUT2D eigenvalue weighted by Crippen LogP contribution is -2.52. The number of nitrogens with zero attached hydrogens (tertiary/aromatic N) is 2. The zero-order valence-corrected chi connectivity index (χ0v) is 26.7. The maximum atomic E-state index is 14.9. The molecule has 46 heavy (non-hydrogen) atoms. The Kier molecular flexibility index (Phi) is 10.1. The molecule has 1 aliphatic rings. The molecule has 0 radical (unpaired) electrons. The summed E-state index contributed by atoms with van der Waals surface area (Å²) in [6, 6.07) is 36.7. The predicted molar refractivity (Wildman–Crippen MR) is 180 cm³/mol. The third-order valence-corrected chi connectivity index (χ3v) is 11.0.